The van der Waals surface area contributed by atoms with Gasteiger partial charge in [-0.2, -0.15) is 23.4 Å². The Labute approximate surface area is 160 Å². The molecule has 7 nitrogen and oxygen atoms in total. The lowest BCUT2D eigenvalue weighted by Crippen LogP contribution is -2.38. The third-order valence-electron chi connectivity index (χ3n) is 5.43. The number of fused-ring (bicyclic) bond motifs is 1. The predicted molar refractivity (Wildman–Crippen MR) is 95.6 cm³/mol. The van der Waals surface area contributed by atoms with E-state index in [1.807, 2.05) is 0 Å². The molecular formula is C18H23F3N6O. The molecule has 0 spiro atoms. The Morgan fingerprint density at radius 1 is 1.39 bits per heavy atom. The number of likely N-dealkylation sites (tertiary alicyclic amines) is 1. The minimum absolute atomic E-state index is 0.0299. The number of anilines is 1. The van der Waals surface area contributed by atoms with Crippen LogP contribution in [0.25, 0.3) is 0 Å². The second kappa shape index (κ2) is 7.14. The molecule has 0 aromatic carbocycles. The summed E-state index contributed by atoms with van der Waals surface area (Å²) < 4.78 is 43.1. The molecule has 0 aliphatic carbocycles. The molecule has 1 amide bonds. The Morgan fingerprint density at radius 2 is 2.21 bits per heavy atom. The van der Waals surface area contributed by atoms with E-state index >= 15 is 0 Å². The first-order valence-electron chi connectivity index (χ1n) is 9.52. The Morgan fingerprint density at radius 3 is 2.93 bits per heavy atom. The molecule has 2 aromatic heterocycles. The van der Waals surface area contributed by atoms with Crippen molar-refractivity contribution in [2.75, 3.05) is 11.9 Å². The highest BCUT2D eigenvalue weighted by molar-refractivity contribution is 5.77. The second-order valence-electron chi connectivity index (χ2n) is 7.50. The first kappa shape index (κ1) is 18.8. The van der Waals surface area contributed by atoms with Crippen molar-refractivity contribution in [1.29, 1.82) is 0 Å². The normalized spacial score (nSPS) is 24.9. The summed E-state index contributed by atoms with van der Waals surface area (Å²) in [7, 11) is 0. The maximum Gasteiger partial charge on any atom is 0.410 e. The number of hydrogen-bond donors (Lipinski definition) is 1. The van der Waals surface area contributed by atoms with Crippen LogP contribution < -0.4 is 5.32 Å². The molecule has 1 saturated heterocycles. The van der Waals surface area contributed by atoms with Gasteiger partial charge in [-0.3, -0.25) is 9.48 Å². The maximum atomic E-state index is 13.5. The van der Waals surface area contributed by atoms with Crippen LogP contribution in [0.1, 0.15) is 50.4 Å². The van der Waals surface area contributed by atoms with E-state index in [0.29, 0.717) is 37.4 Å². The smallest absolute Gasteiger partial charge is 0.368 e. The SMILES string of the molecule is C[C@@H]1C[C@H](C(F)(F)F)n2nc(C3CCCN3C(=O)CCn3cccn3)cc2N1. The van der Waals surface area contributed by atoms with E-state index in [-0.39, 0.29) is 24.4 Å². The van der Waals surface area contributed by atoms with E-state index in [0.717, 1.165) is 11.1 Å². The quantitative estimate of drug-likeness (QED) is 0.862. The number of hydrogen-bond acceptors (Lipinski definition) is 4. The van der Waals surface area contributed by atoms with Crippen LogP contribution in [-0.2, 0) is 11.3 Å². The largest absolute Gasteiger partial charge is 0.410 e. The Kier molecular flexibility index (Phi) is 4.80. The highest BCUT2D eigenvalue weighted by atomic mass is 19.4. The van der Waals surface area contributed by atoms with E-state index < -0.39 is 12.2 Å². The summed E-state index contributed by atoms with van der Waals surface area (Å²) in [4.78, 5) is 14.4. The first-order chi connectivity index (χ1) is 13.3. The van der Waals surface area contributed by atoms with Gasteiger partial charge in [0.05, 0.1) is 11.7 Å². The molecule has 2 aromatic rings. The van der Waals surface area contributed by atoms with E-state index in [2.05, 4.69) is 15.5 Å². The van der Waals surface area contributed by atoms with Gasteiger partial charge in [0.1, 0.15) is 5.82 Å². The molecule has 2 aliphatic heterocycles. The molecule has 152 valence electrons. The third kappa shape index (κ3) is 3.59. The highest BCUT2D eigenvalue weighted by Gasteiger charge is 2.46. The van der Waals surface area contributed by atoms with Crippen molar-refractivity contribution in [3.63, 3.8) is 0 Å². The second-order valence-corrected chi connectivity index (χ2v) is 7.50. The van der Waals surface area contributed by atoms with Crippen molar-refractivity contribution in [2.45, 2.75) is 63.5 Å². The van der Waals surface area contributed by atoms with E-state index in [1.165, 1.54) is 0 Å². The molecule has 0 bridgehead atoms. The van der Waals surface area contributed by atoms with Crippen molar-refractivity contribution >= 4 is 11.7 Å². The Hall–Kier alpha value is -2.52. The molecule has 2 aliphatic rings. The van der Waals surface area contributed by atoms with Gasteiger partial charge in [0.15, 0.2) is 6.04 Å². The van der Waals surface area contributed by atoms with Crippen LogP contribution in [0.3, 0.4) is 0 Å². The number of rotatable bonds is 4. The molecule has 4 heterocycles. The fraction of sp³-hybridized carbons (Fsp3) is 0.611. The molecule has 1 unspecified atom stereocenters. The molecule has 0 saturated carbocycles. The number of halogens is 3. The molecular weight excluding hydrogens is 373 g/mol. The highest BCUT2D eigenvalue weighted by Crippen LogP contribution is 2.41. The Balaban J connectivity index is 1.53. The fourth-order valence-corrected chi connectivity index (χ4v) is 4.10. The molecule has 0 radical (unpaired) electrons. The van der Waals surface area contributed by atoms with Gasteiger partial charge in [0, 0.05) is 44.0 Å². The van der Waals surface area contributed by atoms with Crippen LogP contribution in [0.5, 0.6) is 0 Å². The summed E-state index contributed by atoms with van der Waals surface area (Å²) in [6.45, 7) is 2.80. The number of aryl methyl sites for hydroxylation is 1. The van der Waals surface area contributed by atoms with Crippen LogP contribution in [0.15, 0.2) is 24.5 Å². The molecule has 1 N–H and O–H groups in total. The molecule has 1 fully saturated rings. The third-order valence-corrected chi connectivity index (χ3v) is 5.43. The zero-order valence-electron chi connectivity index (χ0n) is 15.6. The summed E-state index contributed by atoms with van der Waals surface area (Å²) in [5.41, 5.74) is 0.524. The van der Waals surface area contributed by atoms with Gasteiger partial charge in [-0.1, -0.05) is 0 Å². The van der Waals surface area contributed by atoms with Gasteiger partial charge in [-0.05, 0) is 32.3 Å². The minimum Gasteiger partial charge on any atom is -0.368 e. The zero-order valence-corrected chi connectivity index (χ0v) is 15.6. The van der Waals surface area contributed by atoms with Gasteiger partial charge in [-0.25, -0.2) is 4.68 Å². The van der Waals surface area contributed by atoms with Crippen molar-refractivity contribution in [1.82, 2.24) is 24.5 Å². The van der Waals surface area contributed by atoms with E-state index in [4.69, 9.17) is 0 Å². The first-order valence-corrected chi connectivity index (χ1v) is 9.52. The number of carbonyl (C=O) groups is 1. The monoisotopic (exact) mass is 396 g/mol. The van der Waals surface area contributed by atoms with E-state index in [9.17, 15) is 18.0 Å². The summed E-state index contributed by atoms with van der Waals surface area (Å²) in [5, 5.41) is 11.4. The number of alkyl halides is 3. The summed E-state index contributed by atoms with van der Waals surface area (Å²) in [6.07, 6.45) is 0.847. The van der Waals surface area contributed by atoms with Gasteiger partial charge in [0.25, 0.3) is 0 Å². The van der Waals surface area contributed by atoms with E-state index in [1.54, 1.807) is 41.0 Å². The van der Waals surface area contributed by atoms with Crippen LogP contribution >= 0.6 is 0 Å². The summed E-state index contributed by atoms with van der Waals surface area (Å²) >= 11 is 0. The molecule has 28 heavy (non-hydrogen) atoms. The fourth-order valence-electron chi connectivity index (χ4n) is 4.10. The molecule has 3 atom stereocenters. The lowest BCUT2D eigenvalue weighted by atomic mass is 10.1. The topological polar surface area (TPSA) is 68.0 Å². The van der Waals surface area contributed by atoms with Gasteiger partial charge in [0.2, 0.25) is 5.91 Å². The van der Waals surface area contributed by atoms with Crippen LogP contribution in [0.2, 0.25) is 0 Å². The van der Waals surface area contributed by atoms with Crippen molar-refractivity contribution in [3.05, 3.63) is 30.2 Å². The van der Waals surface area contributed by atoms with Crippen LogP contribution in [-0.4, -0.2) is 49.1 Å². The zero-order chi connectivity index (χ0) is 19.9. The standard InChI is InChI=1S/C18H23F3N6O/c1-12-10-15(18(19,20)21)27-16(23-12)11-13(24-27)14-4-2-8-26(14)17(28)5-9-25-7-3-6-22-25/h3,6-7,11-12,14-15,23H,2,4-5,8-10H2,1H3/t12-,14?,15-/m1/s1. The lowest BCUT2D eigenvalue weighted by molar-refractivity contribution is -0.173. The number of nitrogens with one attached hydrogen (secondary N) is 1. The molecule has 4 rings (SSSR count). The Bertz CT molecular complexity index is 831. The van der Waals surface area contributed by atoms with Crippen LogP contribution in [0.4, 0.5) is 19.0 Å². The van der Waals surface area contributed by atoms with Crippen molar-refractivity contribution in [3.8, 4) is 0 Å². The number of nitrogens with zero attached hydrogens (tertiary/aromatic N) is 5. The average Bonchev–Trinajstić information content (AvgIpc) is 3.36. The molecule has 10 heteroatoms. The summed E-state index contributed by atoms with van der Waals surface area (Å²) in [5.74, 6) is 0.338. The number of carbonyl (C=O) groups excluding carboxylic acids is 1. The number of amides is 1. The predicted octanol–water partition coefficient (Wildman–Crippen LogP) is 3.14. The van der Waals surface area contributed by atoms with Gasteiger partial charge >= 0.3 is 6.18 Å². The van der Waals surface area contributed by atoms with Crippen LogP contribution in [0, 0.1) is 0 Å². The average molecular weight is 396 g/mol. The maximum absolute atomic E-state index is 13.5. The summed E-state index contributed by atoms with van der Waals surface area (Å²) in [6, 6.07) is 1.24. The van der Waals surface area contributed by atoms with Gasteiger partial charge in [-0.15, -0.1) is 0 Å². The minimum atomic E-state index is -4.36. The lowest BCUT2D eigenvalue weighted by Gasteiger charge is -2.31. The van der Waals surface area contributed by atoms with Crippen molar-refractivity contribution in [2.24, 2.45) is 0 Å². The van der Waals surface area contributed by atoms with Gasteiger partial charge < -0.3 is 10.2 Å². The number of aromatic nitrogens is 4. The van der Waals surface area contributed by atoms with Crippen molar-refractivity contribution < 1.29 is 18.0 Å².